The molecule has 2 aliphatic heterocycles. The molecule has 0 bridgehead atoms. The lowest BCUT2D eigenvalue weighted by Gasteiger charge is -2.47. The van der Waals surface area contributed by atoms with Crippen molar-refractivity contribution in [3.63, 3.8) is 0 Å². The summed E-state index contributed by atoms with van der Waals surface area (Å²) >= 11 is 0. The first-order valence-electron chi connectivity index (χ1n) is 15.3. The quantitative estimate of drug-likeness (QED) is 0.0724. The van der Waals surface area contributed by atoms with Gasteiger partial charge in [0.1, 0.15) is 28.4 Å². The predicted octanol–water partition coefficient (Wildman–Crippen LogP) is 7.88. The zero-order chi connectivity index (χ0) is 32.9. The van der Waals surface area contributed by atoms with Crippen molar-refractivity contribution in [1.82, 2.24) is 0 Å². The highest BCUT2D eigenvalue weighted by molar-refractivity contribution is 6.03. The lowest BCUT2D eigenvalue weighted by Crippen LogP contribution is -2.56. The average Bonchev–Trinajstić information content (AvgIpc) is 3.30. The van der Waals surface area contributed by atoms with Gasteiger partial charge in [-0.25, -0.2) is 4.79 Å². The number of hydrogen-bond acceptors (Lipinski definition) is 8. The topological polar surface area (TPSA) is 130 Å². The average molecular weight is 615 g/mol. The fourth-order valence-electron chi connectivity index (χ4n) is 6.06. The maximum absolute atomic E-state index is 14.3. The largest absolute Gasteiger partial charge is 0.508 e. The molecule has 238 valence electrons. The SMILES string of the molecule is CC(C)=CCCC1=C[C@]2(OC1=O)c1cc(O)ccc1OC(=O)[C@@]2(CC/C=C(\C)CCC=C(C)C)CC(=O)c1cc(O)ccc1O. The van der Waals surface area contributed by atoms with Gasteiger partial charge in [0, 0.05) is 17.6 Å². The van der Waals surface area contributed by atoms with E-state index in [9.17, 15) is 29.7 Å². The number of hydrogen-bond donors (Lipinski definition) is 3. The van der Waals surface area contributed by atoms with E-state index in [0.717, 1.165) is 30.1 Å². The molecule has 2 atom stereocenters. The number of benzene rings is 2. The van der Waals surface area contributed by atoms with Crippen LogP contribution >= 0.6 is 0 Å². The highest BCUT2D eigenvalue weighted by Gasteiger charge is 2.66. The second-order valence-electron chi connectivity index (χ2n) is 12.5. The number of allylic oxidation sites excluding steroid dienone is 6. The van der Waals surface area contributed by atoms with Crippen LogP contribution in [0, 0.1) is 5.41 Å². The van der Waals surface area contributed by atoms with Gasteiger partial charge in [0.05, 0.1) is 5.56 Å². The summed E-state index contributed by atoms with van der Waals surface area (Å²) < 4.78 is 12.1. The molecule has 0 unspecified atom stereocenters. The minimum absolute atomic E-state index is 0.0528. The first kappa shape index (κ1) is 33.3. The molecule has 1 spiro atoms. The summed E-state index contributed by atoms with van der Waals surface area (Å²) in [6.07, 6.45) is 10.2. The smallest absolute Gasteiger partial charge is 0.335 e. The van der Waals surface area contributed by atoms with Crippen molar-refractivity contribution in [3.05, 3.63) is 94.1 Å². The van der Waals surface area contributed by atoms with E-state index in [1.165, 1.54) is 35.9 Å². The zero-order valence-corrected chi connectivity index (χ0v) is 26.6. The van der Waals surface area contributed by atoms with E-state index in [2.05, 4.69) is 6.08 Å². The Kier molecular flexibility index (Phi) is 10.1. The first-order chi connectivity index (χ1) is 21.3. The summed E-state index contributed by atoms with van der Waals surface area (Å²) in [6.45, 7) is 10.0. The summed E-state index contributed by atoms with van der Waals surface area (Å²) in [6, 6.07) is 7.80. The number of rotatable bonds is 12. The van der Waals surface area contributed by atoms with Crippen LogP contribution in [0.15, 0.2) is 83.0 Å². The van der Waals surface area contributed by atoms with Crippen LogP contribution in [0.5, 0.6) is 23.0 Å². The number of ketones is 1. The number of phenolic OH excluding ortho intramolecular Hbond substituents is 3. The molecule has 2 aromatic carbocycles. The Morgan fingerprint density at radius 3 is 2.22 bits per heavy atom. The summed E-state index contributed by atoms with van der Waals surface area (Å²) in [5.41, 5.74) is 0.284. The monoisotopic (exact) mass is 614 g/mol. The second-order valence-corrected chi connectivity index (χ2v) is 12.5. The van der Waals surface area contributed by atoms with Crippen LogP contribution in [0.3, 0.4) is 0 Å². The molecule has 2 heterocycles. The molecule has 2 aliphatic rings. The Morgan fingerprint density at radius 1 is 0.844 bits per heavy atom. The molecule has 0 aliphatic carbocycles. The van der Waals surface area contributed by atoms with Gasteiger partial charge in [-0.1, -0.05) is 34.9 Å². The molecular formula is C37H42O8. The molecule has 8 heteroatoms. The molecule has 0 saturated carbocycles. The van der Waals surface area contributed by atoms with E-state index >= 15 is 0 Å². The van der Waals surface area contributed by atoms with Crippen LogP contribution in [0.4, 0.5) is 0 Å². The first-order valence-corrected chi connectivity index (χ1v) is 15.3. The van der Waals surface area contributed by atoms with Gasteiger partial charge in [-0.15, -0.1) is 0 Å². The van der Waals surface area contributed by atoms with Gasteiger partial charge >= 0.3 is 11.9 Å². The van der Waals surface area contributed by atoms with Gasteiger partial charge in [-0.05, 0) is 116 Å². The molecule has 45 heavy (non-hydrogen) atoms. The summed E-state index contributed by atoms with van der Waals surface area (Å²) in [7, 11) is 0. The molecule has 0 aromatic heterocycles. The number of Topliss-reactive ketones (excluding diaryl/α,β-unsaturated/α-hetero) is 1. The van der Waals surface area contributed by atoms with E-state index in [1.54, 1.807) is 6.08 Å². The number of phenols is 3. The Morgan fingerprint density at radius 2 is 1.51 bits per heavy atom. The lowest BCUT2D eigenvalue weighted by molar-refractivity contribution is -0.180. The van der Waals surface area contributed by atoms with Gasteiger partial charge in [0.15, 0.2) is 11.4 Å². The van der Waals surface area contributed by atoms with Crippen molar-refractivity contribution in [2.24, 2.45) is 5.41 Å². The van der Waals surface area contributed by atoms with E-state index < -0.39 is 35.2 Å². The van der Waals surface area contributed by atoms with Crippen molar-refractivity contribution >= 4 is 17.7 Å². The highest BCUT2D eigenvalue weighted by atomic mass is 16.6. The second kappa shape index (κ2) is 13.6. The van der Waals surface area contributed by atoms with Crippen molar-refractivity contribution in [2.75, 3.05) is 0 Å². The van der Waals surface area contributed by atoms with E-state index in [0.29, 0.717) is 24.8 Å². The Bertz CT molecular complexity index is 1620. The van der Waals surface area contributed by atoms with Crippen molar-refractivity contribution in [1.29, 1.82) is 0 Å². The van der Waals surface area contributed by atoms with Gasteiger partial charge in [-0.2, -0.15) is 0 Å². The van der Waals surface area contributed by atoms with Crippen LogP contribution in [-0.2, 0) is 19.9 Å². The molecule has 4 rings (SSSR count). The number of ether oxygens (including phenoxy) is 2. The molecule has 3 N–H and O–H groups in total. The molecular weight excluding hydrogens is 572 g/mol. The van der Waals surface area contributed by atoms with E-state index in [4.69, 9.17) is 9.47 Å². The number of aromatic hydroxyl groups is 3. The number of carbonyl (C=O) groups excluding carboxylic acids is 3. The Balaban J connectivity index is 1.88. The van der Waals surface area contributed by atoms with Crippen molar-refractivity contribution in [3.8, 4) is 23.0 Å². The zero-order valence-electron chi connectivity index (χ0n) is 26.6. The van der Waals surface area contributed by atoms with Crippen LogP contribution in [0.25, 0.3) is 0 Å². The van der Waals surface area contributed by atoms with Crippen molar-refractivity contribution in [2.45, 2.75) is 85.2 Å². The van der Waals surface area contributed by atoms with Gasteiger partial charge in [0.25, 0.3) is 0 Å². The molecule has 8 nitrogen and oxygen atoms in total. The number of esters is 2. The van der Waals surface area contributed by atoms with Gasteiger partial charge in [0.2, 0.25) is 0 Å². The van der Waals surface area contributed by atoms with Crippen LogP contribution in [0.2, 0.25) is 0 Å². The predicted molar refractivity (Wildman–Crippen MR) is 171 cm³/mol. The summed E-state index contributed by atoms with van der Waals surface area (Å²) in [5.74, 6) is -2.63. The highest BCUT2D eigenvalue weighted by Crippen LogP contribution is 2.60. The van der Waals surface area contributed by atoms with Gasteiger partial charge in [-0.3, -0.25) is 9.59 Å². The molecule has 0 saturated heterocycles. The third kappa shape index (κ3) is 7.06. The maximum Gasteiger partial charge on any atom is 0.335 e. The fourth-order valence-corrected chi connectivity index (χ4v) is 6.06. The normalized spacial score (nSPS) is 20.6. The molecule has 0 fully saturated rings. The molecule has 0 amide bonds. The maximum atomic E-state index is 14.3. The molecule has 2 aromatic rings. The molecule has 0 radical (unpaired) electrons. The number of carbonyl (C=O) groups is 3. The van der Waals surface area contributed by atoms with Gasteiger partial charge < -0.3 is 24.8 Å². The Labute approximate surface area is 264 Å². The fraction of sp³-hybridized carbons (Fsp3) is 0.378. The third-order valence-electron chi connectivity index (χ3n) is 8.43. The third-order valence-corrected chi connectivity index (χ3v) is 8.43. The van der Waals surface area contributed by atoms with Crippen molar-refractivity contribution < 1.29 is 39.2 Å². The van der Waals surface area contributed by atoms with E-state index in [-0.39, 0.29) is 40.5 Å². The summed E-state index contributed by atoms with van der Waals surface area (Å²) in [5, 5.41) is 31.2. The standard InChI is InChI=1S/C37H42O8/c1-23(2)9-6-11-25(5)12-8-18-36(22-32(41)29-19-27(38)14-16-31(29)40)35(43)44-33-17-15-28(39)20-30(33)37(36)21-26(34(42)45-37)13-7-10-24(3)4/h9-10,12,14-17,19-21,38-40H,6-8,11,13,18,22H2,1-5H3/b25-12+/t36-,37+/m1/s1. The minimum atomic E-state index is -1.78. The summed E-state index contributed by atoms with van der Waals surface area (Å²) in [4.78, 5) is 41.7. The lowest BCUT2D eigenvalue weighted by atomic mass is 9.61. The Hall–Kier alpha value is -4.59. The minimum Gasteiger partial charge on any atom is -0.508 e. The number of fused-ring (bicyclic) bond motifs is 2. The van der Waals surface area contributed by atoms with Crippen LogP contribution < -0.4 is 4.74 Å². The van der Waals surface area contributed by atoms with Crippen LogP contribution in [-0.4, -0.2) is 33.0 Å². The van der Waals surface area contributed by atoms with Crippen LogP contribution in [0.1, 0.15) is 95.5 Å². The van der Waals surface area contributed by atoms with E-state index in [1.807, 2.05) is 46.8 Å².